The number of nitrogens with one attached hydrogen (secondary N) is 1. The Morgan fingerprint density at radius 2 is 2.00 bits per heavy atom. The lowest BCUT2D eigenvalue weighted by Crippen LogP contribution is -2.47. The zero-order valence-corrected chi connectivity index (χ0v) is 14.8. The minimum atomic E-state index is 0.0911. The van der Waals surface area contributed by atoms with Crippen molar-refractivity contribution in [1.82, 2.24) is 10.2 Å². The minimum Gasteiger partial charge on any atom is -0.396 e. The first-order valence-corrected chi connectivity index (χ1v) is 9.27. The molecule has 1 unspecified atom stereocenters. The average molecular weight is 316 g/mol. The number of hydrogen-bond donors (Lipinski definition) is 2. The lowest BCUT2D eigenvalue weighted by atomic mass is 9.72. The van der Waals surface area contributed by atoms with Crippen molar-refractivity contribution in [3.05, 3.63) is 34.9 Å². The van der Waals surface area contributed by atoms with Crippen molar-refractivity contribution in [3.63, 3.8) is 0 Å². The maximum absolute atomic E-state index is 9.95. The number of aliphatic hydroxyl groups is 1. The predicted molar refractivity (Wildman–Crippen MR) is 95.6 cm³/mol. The van der Waals surface area contributed by atoms with Gasteiger partial charge in [-0.15, -0.1) is 0 Å². The van der Waals surface area contributed by atoms with Crippen molar-refractivity contribution in [2.24, 2.45) is 11.3 Å². The molecule has 1 atom stereocenters. The first-order chi connectivity index (χ1) is 11.1. The van der Waals surface area contributed by atoms with Gasteiger partial charge >= 0.3 is 0 Å². The second-order valence-corrected chi connectivity index (χ2v) is 7.84. The van der Waals surface area contributed by atoms with Crippen LogP contribution in [0.5, 0.6) is 0 Å². The van der Waals surface area contributed by atoms with Crippen molar-refractivity contribution < 1.29 is 5.11 Å². The molecule has 1 saturated heterocycles. The van der Waals surface area contributed by atoms with Crippen molar-refractivity contribution in [2.45, 2.75) is 46.1 Å². The number of nitrogens with zero attached hydrogens (tertiary/aromatic N) is 1. The average Bonchev–Trinajstić information content (AvgIpc) is 2.79. The first kappa shape index (κ1) is 16.9. The van der Waals surface area contributed by atoms with E-state index < -0.39 is 0 Å². The molecule has 0 amide bonds. The van der Waals surface area contributed by atoms with Crippen molar-refractivity contribution in [3.8, 4) is 0 Å². The number of aliphatic hydroxyl groups excluding tert-OH is 1. The molecule has 1 aromatic rings. The van der Waals surface area contributed by atoms with E-state index in [2.05, 4.69) is 42.3 Å². The summed E-state index contributed by atoms with van der Waals surface area (Å²) in [7, 11) is 0. The van der Waals surface area contributed by atoms with E-state index in [-0.39, 0.29) is 5.41 Å². The summed E-state index contributed by atoms with van der Waals surface area (Å²) in [6, 6.07) is 7.07. The quantitative estimate of drug-likeness (QED) is 0.896. The molecule has 128 valence electrons. The van der Waals surface area contributed by atoms with Gasteiger partial charge in [0, 0.05) is 18.5 Å². The second kappa shape index (κ2) is 7.33. The van der Waals surface area contributed by atoms with Crippen molar-refractivity contribution in [1.29, 1.82) is 0 Å². The molecular weight excluding hydrogens is 284 g/mol. The SMILES string of the molecule is CC(C)C1(CO)CCCN(Cc2ccc3c(c2)CCNCC3)C1. The smallest absolute Gasteiger partial charge is 0.0502 e. The van der Waals surface area contributed by atoms with Gasteiger partial charge in [-0.25, -0.2) is 0 Å². The van der Waals surface area contributed by atoms with Crippen LogP contribution in [0.2, 0.25) is 0 Å². The number of benzene rings is 1. The molecule has 2 aliphatic rings. The van der Waals surface area contributed by atoms with Crippen LogP contribution in [0.25, 0.3) is 0 Å². The van der Waals surface area contributed by atoms with E-state index in [4.69, 9.17) is 0 Å². The molecule has 0 aliphatic carbocycles. The molecule has 2 aliphatic heterocycles. The third-order valence-corrected chi connectivity index (χ3v) is 6.05. The number of likely N-dealkylation sites (tertiary alicyclic amines) is 1. The fourth-order valence-electron chi connectivity index (χ4n) is 4.26. The van der Waals surface area contributed by atoms with Gasteiger partial charge in [0.25, 0.3) is 0 Å². The standard InChI is InChI=1S/C20H32N2O/c1-16(2)20(15-23)8-3-11-22(14-20)13-17-4-5-18-6-9-21-10-7-19(18)12-17/h4-5,12,16,21,23H,3,6-11,13-15H2,1-2H3. The largest absolute Gasteiger partial charge is 0.396 e. The third-order valence-electron chi connectivity index (χ3n) is 6.05. The number of piperidine rings is 1. The van der Waals surface area contributed by atoms with E-state index >= 15 is 0 Å². The molecule has 0 aromatic heterocycles. The van der Waals surface area contributed by atoms with E-state index in [0.717, 1.165) is 52.0 Å². The lowest BCUT2D eigenvalue weighted by Gasteiger charge is -2.44. The maximum Gasteiger partial charge on any atom is 0.0502 e. The molecule has 3 nitrogen and oxygen atoms in total. The number of hydrogen-bond acceptors (Lipinski definition) is 3. The van der Waals surface area contributed by atoms with Crippen LogP contribution >= 0.6 is 0 Å². The van der Waals surface area contributed by atoms with Gasteiger partial charge in [-0.2, -0.15) is 0 Å². The maximum atomic E-state index is 9.95. The molecule has 3 rings (SSSR count). The highest BCUT2D eigenvalue weighted by atomic mass is 16.3. The Bertz CT molecular complexity index is 528. The van der Waals surface area contributed by atoms with Gasteiger partial charge in [0.1, 0.15) is 0 Å². The molecule has 0 spiro atoms. The molecular formula is C20H32N2O. The summed E-state index contributed by atoms with van der Waals surface area (Å²) in [5.74, 6) is 0.536. The Morgan fingerprint density at radius 3 is 2.74 bits per heavy atom. The van der Waals surface area contributed by atoms with Gasteiger partial charge in [0.2, 0.25) is 0 Å². The molecule has 0 saturated carbocycles. The highest BCUT2D eigenvalue weighted by Crippen LogP contribution is 2.37. The molecule has 2 N–H and O–H groups in total. The second-order valence-electron chi connectivity index (χ2n) is 7.84. The fourth-order valence-corrected chi connectivity index (χ4v) is 4.26. The highest BCUT2D eigenvalue weighted by molar-refractivity contribution is 5.33. The molecule has 23 heavy (non-hydrogen) atoms. The Kier molecular flexibility index (Phi) is 5.40. The lowest BCUT2D eigenvalue weighted by molar-refractivity contribution is -0.00586. The normalized spacial score (nSPS) is 26.1. The number of fused-ring (bicyclic) bond motifs is 1. The molecule has 3 heteroatoms. The van der Waals surface area contributed by atoms with Crippen LogP contribution < -0.4 is 5.32 Å². The van der Waals surface area contributed by atoms with Crippen LogP contribution in [-0.2, 0) is 19.4 Å². The van der Waals surface area contributed by atoms with Crippen molar-refractivity contribution in [2.75, 3.05) is 32.8 Å². The monoisotopic (exact) mass is 316 g/mol. The fraction of sp³-hybridized carbons (Fsp3) is 0.700. The summed E-state index contributed by atoms with van der Waals surface area (Å²) < 4.78 is 0. The Balaban J connectivity index is 1.70. The van der Waals surface area contributed by atoms with E-state index in [0.29, 0.717) is 12.5 Å². The predicted octanol–water partition coefficient (Wildman–Crippen LogP) is 2.61. The molecule has 0 bridgehead atoms. The van der Waals surface area contributed by atoms with Gasteiger partial charge in [-0.1, -0.05) is 32.0 Å². The topological polar surface area (TPSA) is 35.5 Å². The Hall–Kier alpha value is -0.900. The van der Waals surface area contributed by atoms with Gasteiger partial charge in [0.15, 0.2) is 0 Å². The summed E-state index contributed by atoms with van der Waals surface area (Å²) in [5, 5.41) is 13.4. The summed E-state index contributed by atoms with van der Waals surface area (Å²) in [4.78, 5) is 2.55. The zero-order chi connectivity index (χ0) is 16.3. The summed E-state index contributed by atoms with van der Waals surface area (Å²) in [6.45, 7) is 10.2. The summed E-state index contributed by atoms with van der Waals surface area (Å²) in [5.41, 5.74) is 4.57. The molecule has 1 aromatic carbocycles. The highest BCUT2D eigenvalue weighted by Gasteiger charge is 2.37. The van der Waals surface area contributed by atoms with Crippen LogP contribution in [-0.4, -0.2) is 42.8 Å². The van der Waals surface area contributed by atoms with E-state index in [1.807, 2.05) is 0 Å². The van der Waals surface area contributed by atoms with E-state index in [1.54, 1.807) is 0 Å². The van der Waals surface area contributed by atoms with Crippen LogP contribution in [0, 0.1) is 11.3 Å². The zero-order valence-electron chi connectivity index (χ0n) is 14.8. The third kappa shape index (κ3) is 3.78. The van der Waals surface area contributed by atoms with Gasteiger partial charge < -0.3 is 10.4 Å². The molecule has 2 heterocycles. The van der Waals surface area contributed by atoms with Gasteiger partial charge in [-0.3, -0.25) is 4.90 Å². The van der Waals surface area contributed by atoms with Crippen molar-refractivity contribution >= 4 is 0 Å². The Labute approximate surface area is 141 Å². The van der Waals surface area contributed by atoms with Crippen LogP contribution in [0.4, 0.5) is 0 Å². The van der Waals surface area contributed by atoms with E-state index in [9.17, 15) is 5.11 Å². The molecule has 1 fully saturated rings. The summed E-state index contributed by atoms with van der Waals surface area (Å²) in [6.07, 6.45) is 4.66. The summed E-state index contributed by atoms with van der Waals surface area (Å²) >= 11 is 0. The van der Waals surface area contributed by atoms with Crippen LogP contribution in [0.1, 0.15) is 43.4 Å². The van der Waals surface area contributed by atoms with Crippen LogP contribution in [0.15, 0.2) is 18.2 Å². The minimum absolute atomic E-state index is 0.0911. The van der Waals surface area contributed by atoms with Gasteiger partial charge in [-0.05, 0) is 67.9 Å². The van der Waals surface area contributed by atoms with E-state index in [1.165, 1.54) is 23.1 Å². The number of rotatable bonds is 4. The van der Waals surface area contributed by atoms with Gasteiger partial charge in [0.05, 0.1) is 6.61 Å². The first-order valence-electron chi connectivity index (χ1n) is 9.27. The Morgan fingerprint density at radius 1 is 1.22 bits per heavy atom. The molecule has 0 radical (unpaired) electrons. The van der Waals surface area contributed by atoms with Crippen LogP contribution in [0.3, 0.4) is 0 Å².